The Hall–Kier alpha value is -3.20. The minimum absolute atomic E-state index is 0.0113. The number of ether oxygens (including phenoxy) is 1. The van der Waals surface area contributed by atoms with Crippen molar-refractivity contribution in [2.24, 2.45) is 0 Å². The van der Waals surface area contributed by atoms with Crippen molar-refractivity contribution in [1.29, 1.82) is 0 Å². The molecule has 3 aromatic rings. The first-order chi connectivity index (χ1) is 13.5. The first-order valence-corrected chi connectivity index (χ1v) is 9.20. The van der Waals surface area contributed by atoms with E-state index in [4.69, 9.17) is 4.74 Å². The summed E-state index contributed by atoms with van der Waals surface area (Å²) in [6.45, 7) is 5.61. The third kappa shape index (κ3) is 3.74. The second kappa shape index (κ2) is 7.43. The largest absolute Gasteiger partial charge is 0.372 e. The SMILES string of the molecule is CC1CN(C(=O)c2ccc(CNc3nc4[nH]ncc4c(=O)[nH]3)cc2)CC(C)O1. The molecule has 1 fully saturated rings. The van der Waals surface area contributed by atoms with Gasteiger partial charge < -0.3 is 15.0 Å². The van der Waals surface area contributed by atoms with Gasteiger partial charge in [-0.1, -0.05) is 12.1 Å². The molecule has 1 aliphatic rings. The molecule has 1 amide bonds. The summed E-state index contributed by atoms with van der Waals surface area (Å²) >= 11 is 0. The second-order valence-corrected chi connectivity index (χ2v) is 7.06. The Balaban J connectivity index is 1.41. The topological polar surface area (TPSA) is 116 Å². The molecule has 9 heteroatoms. The first kappa shape index (κ1) is 18.2. The number of carbonyl (C=O) groups excluding carboxylic acids is 1. The van der Waals surface area contributed by atoms with Gasteiger partial charge >= 0.3 is 0 Å². The van der Waals surface area contributed by atoms with Crippen molar-refractivity contribution in [1.82, 2.24) is 25.1 Å². The minimum atomic E-state index is -0.254. The maximum absolute atomic E-state index is 12.7. The lowest BCUT2D eigenvalue weighted by molar-refractivity contribution is -0.0586. The van der Waals surface area contributed by atoms with Gasteiger partial charge in [0.1, 0.15) is 5.39 Å². The number of hydrogen-bond acceptors (Lipinski definition) is 6. The number of aromatic nitrogens is 4. The van der Waals surface area contributed by atoms with Gasteiger partial charge in [0.25, 0.3) is 11.5 Å². The lowest BCUT2D eigenvalue weighted by atomic mass is 10.1. The number of carbonyl (C=O) groups is 1. The van der Waals surface area contributed by atoms with Crippen LogP contribution in [0.2, 0.25) is 0 Å². The average Bonchev–Trinajstić information content (AvgIpc) is 3.15. The number of nitrogens with one attached hydrogen (secondary N) is 3. The molecular formula is C19H22N6O3. The number of morpholine rings is 1. The summed E-state index contributed by atoms with van der Waals surface area (Å²) in [7, 11) is 0. The fourth-order valence-electron chi connectivity index (χ4n) is 3.41. The summed E-state index contributed by atoms with van der Waals surface area (Å²) in [4.78, 5) is 33.4. The number of aromatic amines is 2. The van der Waals surface area contributed by atoms with Crippen molar-refractivity contribution >= 4 is 22.9 Å². The molecule has 0 radical (unpaired) electrons. The van der Waals surface area contributed by atoms with Crippen molar-refractivity contribution in [3.8, 4) is 0 Å². The number of amides is 1. The van der Waals surface area contributed by atoms with Gasteiger partial charge in [0.05, 0.1) is 18.4 Å². The van der Waals surface area contributed by atoms with E-state index >= 15 is 0 Å². The molecule has 2 aromatic heterocycles. The molecule has 0 saturated carbocycles. The van der Waals surface area contributed by atoms with Gasteiger partial charge in [-0.3, -0.25) is 19.7 Å². The van der Waals surface area contributed by atoms with Crippen LogP contribution < -0.4 is 10.9 Å². The third-order valence-electron chi connectivity index (χ3n) is 4.69. The smallest absolute Gasteiger partial charge is 0.263 e. The minimum Gasteiger partial charge on any atom is -0.372 e. The molecule has 3 heterocycles. The number of H-pyrrole nitrogens is 2. The van der Waals surface area contributed by atoms with Gasteiger partial charge in [0.15, 0.2) is 5.65 Å². The second-order valence-electron chi connectivity index (χ2n) is 7.06. The average molecular weight is 382 g/mol. The van der Waals surface area contributed by atoms with E-state index in [1.165, 1.54) is 6.20 Å². The van der Waals surface area contributed by atoms with E-state index in [9.17, 15) is 9.59 Å². The monoisotopic (exact) mass is 382 g/mol. The zero-order valence-corrected chi connectivity index (χ0v) is 15.7. The Labute approximate surface area is 161 Å². The molecule has 0 bridgehead atoms. The fourth-order valence-corrected chi connectivity index (χ4v) is 3.41. The van der Waals surface area contributed by atoms with Crippen LogP contribution in [0.1, 0.15) is 29.8 Å². The summed E-state index contributed by atoms with van der Waals surface area (Å²) < 4.78 is 5.69. The van der Waals surface area contributed by atoms with Crippen LogP contribution in [0.25, 0.3) is 11.0 Å². The van der Waals surface area contributed by atoms with Crippen LogP contribution in [0.5, 0.6) is 0 Å². The highest BCUT2D eigenvalue weighted by molar-refractivity contribution is 5.94. The predicted octanol–water partition coefficient (Wildman–Crippen LogP) is 1.51. The highest BCUT2D eigenvalue weighted by Gasteiger charge is 2.26. The zero-order valence-electron chi connectivity index (χ0n) is 15.7. The van der Waals surface area contributed by atoms with Gasteiger partial charge in [-0.2, -0.15) is 10.1 Å². The number of rotatable bonds is 4. The van der Waals surface area contributed by atoms with Crippen LogP contribution in [0.3, 0.4) is 0 Å². The van der Waals surface area contributed by atoms with Crippen LogP contribution in [-0.4, -0.2) is 56.3 Å². The molecule has 1 aromatic carbocycles. The molecular weight excluding hydrogens is 360 g/mol. The fraction of sp³-hybridized carbons (Fsp3) is 0.368. The molecule has 28 heavy (non-hydrogen) atoms. The van der Waals surface area contributed by atoms with Gasteiger partial charge in [0.2, 0.25) is 5.95 Å². The van der Waals surface area contributed by atoms with Crippen molar-refractivity contribution < 1.29 is 9.53 Å². The molecule has 1 saturated heterocycles. The van der Waals surface area contributed by atoms with Crippen molar-refractivity contribution in [2.75, 3.05) is 18.4 Å². The third-order valence-corrected chi connectivity index (χ3v) is 4.69. The molecule has 2 atom stereocenters. The number of anilines is 1. The molecule has 3 N–H and O–H groups in total. The van der Waals surface area contributed by atoms with E-state index in [0.717, 1.165) is 5.56 Å². The molecule has 1 aliphatic heterocycles. The van der Waals surface area contributed by atoms with E-state index in [1.54, 1.807) is 0 Å². The molecule has 0 aliphatic carbocycles. The Morgan fingerprint density at radius 2 is 1.96 bits per heavy atom. The summed E-state index contributed by atoms with van der Waals surface area (Å²) in [5.41, 5.74) is 1.79. The van der Waals surface area contributed by atoms with Gasteiger partial charge in [-0.25, -0.2) is 0 Å². The van der Waals surface area contributed by atoms with Crippen LogP contribution in [0, 0.1) is 0 Å². The highest BCUT2D eigenvalue weighted by Crippen LogP contribution is 2.15. The Morgan fingerprint density at radius 3 is 2.68 bits per heavy atom. The van der Waals surface area contributed by atoms with E-state index in [2.05, 4.69) is 25.5 Å². The molecule has 2 unspecified atom stereocenters. The standard InChI is InChI=1S/C19H22N6O3/c1-11-9-25(10-12(2)28-11)18(27)14-5-3-13(4-6-14)7-20-19-22-16-15(8-21-24-16)17(26)23-19/h3-6,8,11-12H,7,9-10H2,1-2H3,(H3,20,21,22,23,24,26). The maximum Gasteiger partial charge on any atom is 0.263 e. The summed E-state index contributed by atoms with van der Waals surface area (Å²) in [5, 5.41) is 10.00. The van der Waals surface area contributed by atoms with Gasteiger partial charge in [0, 0.05) is 25.2 Å². The lowest BCUT2D eigenvalue weighted by Crippen LogP contribution is -2.48. The predicted molar refractivity (Wildman–Crippen MR) is 104 cm³/mol. The molecule has 4 rings (SSSR count). The Bertz CT molecular complexity index is 1030. The van der Waals surface area contributed by atoms with E-state index in [0.29, 0.717) is 42.2 Å². The van der Waals surface area contributed by atoms with E-state index in [-0.39, 0.29) is 23.7 Å². The van der Waals surface area contributed by atoms with Crippen LogP contribution >= 0.6 is 0 Å². The Morgan fingerprint density at radius 1 is 1.25 bits per heavy atom. The van der Waals surface area contributed by atoms with Crippen molar-refractivity contribution in [3.63, 3.8) is 0 Å². The number of benzene rings is 1. The number of fused-ring (bicyclic) bond motifs is 1. The van der Waals surface area contributed by atoms with E-state index < -0.39 is 0 Å². The van der Waals surface area contributed by atoms with Gasteiger partial charge in [-0.05, 0) is 31.5 Å². The zero-order chi connectivity index (χ0) is 19.7. The summed E-state index contributed by atoms with van der Waals surface area (Å²) in [5.74, 6) is 0.371. The molecule has 146 valence electrons. The lowest BCUT2D eigenvalue weighted by Gasteiger charge is -2.35. The quantitative estimate of drug-likeness (QED) is 0.630. The van der Waals surface area contributed by atoms with Crippen molar-refractivity contribution in [2.45, 2.75) is 32.6 Å². The van der Waals surface area contributed by atoms with Crippen LogP contribution in [0.15, 0.2) is 35.3 Å². The number of hydrogen-bond donors (Lipinski definition) is 3. The molecule has 9 nitrogen and oxygen atoms in total. The van der Waals surface area contributed by atoms with Gasteiger partial charge in [-0.15, -0.1) is 0 Å². The highest BCUT2D eigenvalue weighted by atomic mass is 16.5. The molecule has 0 spiro atoms. The number of nitrogens with zero attached hydrogens (tertiary/aromatic N) is 3. The Kier molecular flexibility index (Phi) is 4.82. The van der Waals surface area contributed by atoms with E-state index in [1.807, 2.05) is 43.0 Å². The summed E-state index contributed by atoms with van der Waals surface area (Å²) in [6, 6.07) is 7.41. The van der Waals surface area contributed by atoms with Crippen molar-refractivity contribution in [3.05, 3.63) is 51.9 Å². The maximum atomic E-state index is 12.7. The summed E-state index contributed by atoms with van der Waals surface area (Å²) in [6.07, 6.45) is 1.52. The normalized spacial score (nSPS) is 19.7. The van der Waals surface area contributed by atoms with Crippen LogP contribution in [-0.2, 0) is 11.3 Å². The first-order valence-electron chi connectivity index (χ1n) is 9.20. The van der Waals surface area contributed by atoms with Crippen LogP contribution in [0.4, 0.5) is 5.95 Å².